The number of hydrogen-bond acceptors (Lipinski definition) is 4. The number of rotatable bonds is 5. The lowest BCUT2D eigenvalue weighted by molar-refractivity contribution is 0.669. The van der Waals surface area contributed by atoms with Gasteiger partial charge in [-0.2, -0.15) is 9.97 Å². The Balaban J connectivity index is 1.19. The molecule has 0 amide bonds. The first-order chi connectivity index (χ1) is 28.3. The predicted octanol–water partition coefficient (Wildman–Crippen LogP) is 13.0. The van der Waals surface area contributed by atoms with E-state index in [-0.39, 0.29) is 0 Å². The van der Waals surface area contributed by atoms with Crippen LogP contribution >= 0.6 is 0 Å². The first kappa shape index (κ1) is 31.5. The van der Waals surface area contributed by atoms with Gasteiger partial charge in [-0.3, -0.25) is 4.57 Å². The van der Waals surface area contributed by atoms with E-state index in [9.17, 15) is 0 Å². The molecular weight excluding hydrogens is 699 g/mol. The average Bonchev–Trinajstić information content (AvgIpc) is 3.94. The SMILES string of the molecule is c1ccc(-c2ccc3c4ccccc4n(-c4nc(-c5ccccc5-n5c6ccccc6c6ccccc65)nc(-c5cccc6oc7ccccc7c56)n4)c3c2)cc1. The molecule has 57 heavy (non-hydrogen) atoms. The van der Waals surface area contributed by atoms with Crippen molar-refractivity contribution in [1.29, 1.82) is 0 Å². The zero-order valence-electron chi connectivity index (χ0n) is 30.5. The highest BCUT2D eigenvalue weighted by molar-refractivity contribution is 6.13. The van der Waals surface area contributed by atoms with Gasteiger partial charge in [0.05, 0.1) is 27.8 Å². The summed E-state index contributed by atoms with van der Waals surface area (Å²) in [6.45, 7) is 0. The molecule has 6 heteroatoms. The number of fused-ring (bicyclic) bond motifs is 9. The van der Waals surface area contributed by atoms with Gasteiger partial charge in [-0.1, -0.05) is 140 Å². The van der Waals surface area contributed by atoms with E-state index >= 15 is 0 Å². The van der Waals surface area contributed by atoms with Gasteiger partial charge in [0.15, 0.2) is 11.6 Å². The van der Waals surface area contributed by atoms with E-state index in [2.05, 4.69) is 161 Å². The molecule has 6 nitrogen and oxygen atoms in total. The molecule has 0 aliphatic heterocycles. The van der Waals surface area contributed by atoms with E-state index in [0.29, 0.717) is 17.6 Å². The summed E-state index contributed by atoms with van der Waals surface area (Å²) in [6, 6.07) is 65.5. The topological polar surface area (TPSA) is 61.7 Å². The van der Waals surface area contributed by atoms with Crippen molar-refractivity contribution in [3.05, 3.63) is 188 Å². The monoisotopic (exact) mass is 729 g/mol. The molecule has 0 bridgehead atoms. The van der Waals surface area contributed by atoms with Crippen LogP contribution in [0.1, 0.15) is 0 Å². The van der Waals surface area contributed by atoms with E-state index in [1.54, 1.807) is 0 Å². The Labute approximate surface area is 326 Å². The molecule has 0 aliphatic rings. The predicted molar refractivity (Wildman–Crippen MR) is 232 cm³/mol. The molecule has 0 spiro atoms. The second-order valence-electron chi connectivity index (χ2n) is 14.4. The first-order valence-electron chi connectivity index (χ1n) is 19.1. The second-order valence-corrected chi connectivity index (χ2v) is 14.4. The molecule has 4 aromatic heterocycles. The fourth-order valence-corrected chi connectivity index (χ4v) is 8.70. The normalized spacial score (nSPS) is 11.9. The highest BCUT2D eigenvalue weighted by Crippen LogP contribution is 2.40. The molecule has 0 fully saturated rings. The third kappa shape index (κ3) is 4.81. The van der Waals surface area contributed by atoms with Gasteiger partial charge >= 0.3 is 0 Å². The standard InChI is InChI=1S/C51H31N5O/c1-2-15-32(16-3-1)33-29-30-37-36-19-6-11-25-43(36)56(45(37)31-33)51-53-49(52-50(54-51)40-22-14-28-47-48(40)39-21-8-13-27-46(39)57-47)38-20-7-12-26-44(38)55-41-23-9-4-17-34(41)35-18-5-10-24-42(35)55/h1-31H. The Morgan fingerprint density at radius 3 is 1.63 bits per heavy atom. The third-order valence-electron chi connectivity index (χ3n) is 11.2. The van der Waals surface area contributed by atoms with Gasteiger partial charge in [0, 0.05) is 43.4 Å². The minimum atomic E-state index is 0.535. The quantitative estimate of drug-likeness (QED) is 0.177. The molecule has 0 radical (unpaired) electrons. The molecule has 12 rings (SSSR count). The van der Waals surface area contributed by atoms with Gasteiger partial charge < -0.3 is 8.98 Å². The highest BCUT2D eigenvalue weighted by atomic mass is 16.3. The van der Waals surface area contributed by atoms with Crippen molar-refractivity contribution >= 4 is 65.6 Å². The summed E-state index contributed by atoms with van der Waals surface area (Å²) in [7, 11) is 0. The van der Waals surface area contributed by atoms with Crippen LogP contribution in [0.2, 0.25) is 0 Å². The van der Waals surface area contributed by atoms with Gasteiger partial charge in [0.25, 0.3) is 0 Å². The number of nitrogens with zero attached hydrogens (tertiary/aromatic N) is 5. The van der Waals surface area contributed by atoms with Crippen LogP contribution in [0.25, 0.3) is 111 Å². The maximum Gasteiger partial charge on any atom is 0.238 e. The lowest BCUT2D eigenvalue weighted by atomic mass is 10.0. The Morgan fingerprint density at radius 2 is 0.895 bits per heavy atom. The van der Waals surface area contributed by atoms with Crippen LogP contribution in [0.5, 0.6) is 0 Å². The number of aromatic nitrogens is 5. The summed E-state index contributed by atoms with van der Waals surface area (Å²) in [6.07, 6.45) is 0. The fourth-order valence-electron chi connectivity index (χ4n) is 8.70. The summed E-state index contributed by atoms with van der Waals surface area (Å²) < 4.78 is 10.9. The Hall–Kier alpha value is -7.83. The van der Waals surface area contributed by atoms with Crippen molar-refractivity contribution in [3.8, 4) is 45.5 Å². The molecule has 0 N–H and O–H groups in total. The lowest BCUT2D eigenvalue weighted by Crippen LogP contribution is -2.08. The van der Waals surface area contributed by atoms with Gasteiger partial charge in [-0.15, -0.1) is 0 Å². The molecule has 0 saturated carbocycles. The van der Waals surface area contributed by atoms with Crippen LogP contribution in [-0.2, 0) is 0 Å². The molecular formula is C51H31N5O. The summed E-state index contributed by atoms with van der Waals surface area (Å²) in [5, 5.41) is 6.63. The Kier molecular flexibility index (Phi) is 6.83. The highest BCUT2D eigenvalue weighted by Gasteiger charge is 2.23. The van der Waals surface area contributed by atoms with Gasteiger partial charge in [0.2, 0.25) is 5.95 Å². The summed E-state index contributed by atoms with van der Waals surface area (Å²) >= 11 is 0. The third-order valence-corrected chi connectivity index (χ3v) is 11.2. The van der Waals surface area contributed by atoms with E-state index in [0.717, 1.165) is 82.7 Å². The minimum absolute atomic E-state index is 0.535. The van der Waals surface area contributed by atoms with Crippen molar-refractivity contribution < 1.29 is 4.42 Å². The van der Waals surface area contributed by atoms with Crippen LogP contribution in [0.15, 0.2) is 192 Å². The number of furan rings is 1. The summed E-state index contributed by atoms with van der Waals surface area (Å²) in [5.41, 5.74) is 10.9. The van der Waals surface area contributed by atoms with Crippen LogP contribution in [0.4, 0.5) is 0 Å². The van der Waals surface area contributed by atoms with Crippen LogP contribution in [0.3, 0.4) is 0 Å². The van der Waals surface area contributed by atoms with Crippen molar-refractivity contribution in [2.24, 2.45) is 0 Å². The van der Waals surface area contributed by atoms with Gasteiger partial charge in [-0.25, -0.2) is 4.98 Å². The molecule has 8 aromatic carbocycles. The molecule has 0 saturated heterocycles. The molecule has 12 aromatic rings. The smallest absolute Gasteiger partial charge is 0.238 e. The Bertz CT molecular complexity index is 3490. The van der Waals surface area contributed by atoms with E-state index in [1.807, 2.05) is 36.4 Å². The van der Waals surface area contributed by atoms with Crippen LogP contribution in [0, 0.1) is 0 Å². The maximum atomic E-state index is 6.37. The van der Waals surface area contributed by atoms with Crippen molar-refractivity contribution in [3.63, 3.8) is 0 Å². The number of hydrogen-bond donors (Lipinski definition) is 0. The largest absolute Gasteiger partial charge is 0.456 e. The van der Waals surface area contributed by atoms with Crippen molar-refractivity contribution in [2.45, 2.75) is 0 Å². The molecule has 4 heterocycles. The molecule has 0 atom stereocenters. The van der Waals surface area contributed by atoms with Crippen molar-refractivity contribution in [1.82, 2.24) is 24.1 Å². The lowest BCUT2D eigenvalue weighted by Gasteiger charge is -2.15. The molecule has 266 valence electrons. The first-order valence-corrected chi connectivity index (χ1v) is 19.1. The number of para-hydroxylation sites is 5. The van der Waals surface area contributed by atoms with Crippen molar-refractivity contribution in [2.75, 3.05) is 0 Å². The van der Waals surface area contributed by atoms with Gasteiger partial charge in [-0.05, 0) is 59.7 Å². The van der Waals surface area contributed by atoms with E-state index < -0.39 is 0 Å². The number of benzene rings is 8. The van der Waals surface area contributed by atoms with E-state index in [4.69, 9.17) is 19.4 Å². The molecule has 0 unspecified atom stereocenters. The maximum absolute atomic E-state index is 6.37. The zero-order chi connectivity index (χ0) is 37.5. The van der Waals surface area contributed by atoms with E-state index in [1.165, 1.54) is 10.8 Å². The fraction of sp³-hybridized carbons (Fsp3) is 0. The Morgan fingerprint density at radius 1 is 0.351 bits per heavy atom. The molecule has 0 aliphatic carbocycles. The minimum Gasteiger partial charge on any atom is -0.456 e. The van der Waals surface area contributed by atoms with Gasteiger partial charge in [0.1, 0.15) is 11.2 Å². The zero-order valence-corrected chi connectivity index (χ0v) is 30.5. The summed E-state index contributed by atoms with van der Waals surface area (Å²) in [5.74, 6) is 1.67. The average molecular weight is 730 g/mol. The summed E-state index contributed by atoms with van der Waals surface area (Å²) in [4.78, 5) is 16.2. The van der Waals surface area contributed by atoms with Crippen LogP contribution in [-0.4, -0.2) is 24.1 Å². The van der Waals surface area contributed by atoms with Crippen LogP contribution < -0.4 is 0 Å². The second kappa shape index (κ2) is 12.3.